The molecule has 3 aromatic rings. The number of amides is 1. The zero-order chi connectivity index (χ0) is 18.8. The van der Waals surface area contributed by atoms with Crippen molar-refractivity contribution in [2.24, 2.45) is 0 Å². The van der Waals surface area contributed by atoms with E-state index in [0.717, 1.165) is 21.7 Å². The first-order chi connectivity index (χ1) is 13.2. The minimum Gasteiger partial charge on any atom is -0.493 e. The summed E-state index contributed by atoms with van der Waals surface area (Å²) in [7, 11) is 3.41. The minimum atomic E-state index is -0.00631. The summed E-state index contributed by atoms with van der Waals surface area (Å²) in [5, 5.41) is 2.03. The largest absolute Gasteiger partial charge is 0.493 e. The molecule has 0 unspecified atom stereocenters. The molecule has 0 radical (unpaired) electrons. The van der Waals surface area contributed by atoms with Crippen molar-refractivity contribution in [3.8, 4) is 11.5 Å². The van der Waals surface area contributed by atoms with Crippen LogP contribution in [0.5, 0.6) is 11.5 Å². The molecule has 0 saturated heterocycles. The Bertz CT molecular complexity index is 1010. The quantitative estimate of drug-likeness (QED) is 0.597. The van der Waals surface area contributed by atoms with Crippen molar-refractivity contribution in [1.29, 1.82) is 0 Å². The predicted octanol–water partition coefficient (Wildman–Crippen LogP) is 4.85. The zero-order valence-corrected chi connectivity index (χ0v) is 16.0. The molecule has 1 amide bonds. The average Bonchev–Trinajstić information content (AvgIpc) is 3.30. The highest BCUT2D eigenvalue weighted by Crippen LogP contribution is 2.37. The van der Waals surface area contributed by atoms with Gasteiger partial charge in [0, 0.05) is 23.1 Å². The molecular formula is C22H19NO3S. The van der Waals surface area contributed by atoms with Gasteiger partial charge in [-0.2, -0.15) is 0 Å². The van der Waals surface area contributed by atoms with E-state index in [0.29, 0.717) is 23.7 Å². The lowest BCUT2D eigenvalue weighted by Crippen LogP contribution is -2.20. The van der Waals surface area contributed by atoms with E-state index in [2.05, 4.69) is 0 Å². The first-order valence-electron chi connectivity index (χ1n) is 8.60. The van der Waals surface area contributed by atoms with Gasteiger partial charge in [-0.3, -0.25) is 4.79 Å². The fourth-order valence-electron chi connectivity index (χ4n) is 3.14. The third kappa shape index (κ3) is 3.34. The van der Waals surface area contributed by atoms with Gasteiger partial charge in [-0.1, -0.05) is 30.3 Å². The van der Waals surface area contributed by atoms with Crippen molar-refractivity contribution in [2.75, 3.05) is 19.1 Å². The second-order valence-electron chi connectivity index (χ2n) is 6.22. The van der Waals surface area contributed by atoms with Crippen molar-refractivity contribution in [1.82, 2.24) is 0 Å². The zero-order valence-electron chi connectivity index (χ0n) is 15.1. The summed E-state index contributed by atoms with van der Waals surface area (Å²) in [5.41, 5.74) is 3.45. The van der Waals surface area contributed by atoms with Crippen LogP contribution >= 0.6 is 11.3 Å². The molecular weight excluding hydrogens is 358 g/mol. The van der Waals surface area contributed by atoms with Gasteiger partial charge >= 0.3 is 0 Å². The number of hydrogen-bond donors (Lipinski definition) is 0. The molecule has 27 heavy (non-hydrogen) atoms. The van der Waals surface area contributed by atoms with E-state index in [1.807, 2.05) is 66.1 Å². The summed E-state index contributed by atoms with van der Waals surface area (Å²) in [4.78, 5) is 15.5. The molecule has 0 N–H and O–H groups in total. The van der Waals surface area contributed by atoms with E-state index in [-0.39, 0.29) is 5.91 Å². The number of thiophene rings is 1. The summed E-state index contributed by atoms with van der Waals surface area (Å²) in [6, 6.07) is 17.6. The van der Waals surface area contributed by atoms with Gasteiger partial charge in [0.1, 0.15) is 6.61 Å². The predicted molar refractivity (Wildman–Crippen MR) is 109 cm³/mol. The molecule has 2 aromatic carbocycles. The van der Waals surface area contributed by atoms with Crippen LogP contribution in [0.15, 0.2) is 60.0 Å². The van der Waals surface area contributed by atoms with Crippen LogP contribution in [-0.2, 0) is 11.4 Å². The maximum atomic E-state index is 12.6. The van der Waals surface area contributed by atoms with Crippen LogP contribution < -0.4 is 14.4 Å². The number of benzene rings is 2. The van der Waals surface area contributed by atoms with E-state index < -0.39 is 0 Å². The molecule has 0 atom stereocenters. The highest BCUT2D eigenvalue weighted by atomic mass is 32.1. The Morgan fingerprint density at radius 1 is 1.07 bits per heavy atom. The van der Waals surface area contributed by atoms with Crippen LogP contribution in [-0.4, -0.2) is 20.1 Å². The monoisotopic (exact) mass is 377 g/mol. The molecule has 1 aliphatic rings. The van der Waals surface area contributed by atoms with Crippen molar-refractivity contribution in [3.05, 3.63) is 76.0 Å². The lowest BCUT2D eigenvalue weighted by atomic mass is 10.0. The van der Waals surface area contributed by atoms with Gasteiger partial charge in [-0.05, 0) is 41.3 Å². The van der Waals surface area contributed by atoms with Gasteiger partial charge in [0.25, 0.3) is 5.91 Å². The average molecular weight is 377 g/mol. The Morgan fingerprint density at radius 3 is 2.70 bits per heavy atom. The molecule has 0 fully saturated rings. The number of likely N-dealkylation sites (N-methyl/N-ethyl adjacent to an activating group) is 1. The number of carbonyl (C=O) groups is 1. The normalized spacial score (nSPS) is 14.5. The lowest BCUT2D eigenvalue weighted by molar-refractivity contribution is -0.112. The van der Waals surface area contributed by atoms with Gasteiger partial charge in [-0.25, -0.2) is 0 Å². The van der Waals surface area contributed by atoms with Crippen LogP contribution in [0, 0.1) is 0 Å². The first kappa shape index (κ1) is 17.4. The maximum Gasteiger partial charge on any atom is 0.258 e. The molecule has 0 aliphatic carbocycles. The molecule has 0 bridgehead atoms. The molecule has 2 heterocycles. The summed E-state index contributed by atoms with van der Waals surface area (Å²) < 4.78 is 11.4. The number of ether oxygens (including phenoxy) is 2. The number of fused-ring (bicyclic) bond motifs is 1. The smallest absolute Gasteiger partial charge is 0.258 e. The first-order valence-corrected chi connectivity index (χ1v) is 9.47. The van der Waals surface area contributed by atoms with Gasteiger partial charge in [0.2, 0.25) is 0 Å². The SMILES string of the molecule is COc1cc(/C=C2/C(=O)N(C)c3ccccc32)ccc1OCc1cccs1. The van der Waals surface area contributed by atoms with Crippen LogP contribution in [0.25, 0.3) is 11.6 Å². The Balaban J connectivity index is 1.63. The molecule has 5 heteroatoms. The number of nitrogens with zero attached hydrogens (tertiary/aromatic N) is 1. The number of methoxy groups -OCH3 is 1. The molecule has 0 spiro atoms. The highest BCUT2D eigenvalue weighted by Gasteiger charge is 2.29. The highest BCUT2D eigenvalue weighted by molar-refractivity contribution is 7.09. The topological polar surface area (TPSA) is 38.8 Å². The minimum absolute atomic E-state index is 0.00631. The number of hydrogen-bond acceptors (Lipinski definition) is 4. The number of carbonyl (C=O) groups excluding carboxylic acids is 1. The van der Waals surface area contributed by atoms with Gasteiger partial charge in [0.15, 0.2) is 11.5 Å². The molecule has 1 aliphatic heterocycles. The van der Waals surface area contributed by atoms with Crippen molar-refractivity contribution >= 4 is 34.6 Å². The number of anilines is 1. The summed E-state index contributed by atoms with van der Waals surface area (Å²) >= 11 is 1.66. The van der Waals surface area contributed by atoms with Crippen LogP contribution in [0.3, 0.4) is 0 Å². The number of rotatable bonds is 5. The Hall–Kier alpha value is -3.05. The molecule has 0 saturated carbocycles. The van der Waals surface area contributed by atoms with Gasteiger partial charge in [-0.15, -0.1) is 11.3 Å². The van der Waals surface area contributed by atoms with Crippen LogP contribution in [0.2, 0.25) is 0 Å². The van der Waals surface area contributed by atoms with Gasteiger partial charge in [0.05, 0.1) is 12.8 Å². The molecule has 4 rings (SSSR count). The van der Waals surface area contributed by atoms with E-state index in [1.165, 1.54) is 0 Å². The third-order valence-electron chi connectivity index (χ3n) is 4.54. The molecule has 136 valence electrons. The van der Waals surface area contributed by atoms with Crippen LogP contribution in [0.1, 0.15) is 16.0 Å². The second kappa shape index (κ2) is 7.29. The fraction of sp³-hybridized carbons (Fsp3) is 0.136. The summed E-state index contributed by atoms with van der Waals surface area (Å²) in [6.45, 7) is 0.505. The summed E-state index contributed by atoms with van der Waals surface area (Å²) in [6.07, 6.45) is 1.90. The van der Waals surface area contributed by atoms with Crippen LogP contribution in [0.4, 0.5) is 5.69 Å². The number of para-hydroxylation sites is 1. The van der Waals surface area contributed by atoms with Crippen molar-refractivity contribution in [2.45, 2.75) is 6.61 Å². The maximum absolute atomic E-state index is 12.6. The fourth-order valence-corrected chi connectivity index (χ4v) is 3.76. The van der Waals surface area contributed by atoms with Crippen molar-refractivity contribution in [3.63, 3.8) is 0 Å². The second-order valence-corrected chi connectivity index (χ2v) is 7.25. The van der Waals surface area contributed by atoms with Crippen molar-refractivity contribution < 1.29 is 14.3 Å². The van der Waals surface area contributed by atoms with E-state index in [9.17, 15) is 4.79 Å². The van der Waals surface area contributed by atoms with E-state index in [4.69, 9.17) is 9.47 Å². The van der Waals surface area contributed by atoms with E-state index in [1.54, 1.807) is 30.4 Å². The Kier molecular flexibility index (Phi) is 4.69. The lowest BCUT2D eigenvalue weighted by Gasteiger charge is -2.11. The summed E-state index contributed by atoms with van der Waals surface area (Å²) in [5.74, 6) is 1.32. The standard InChI is InChI=1S/C22H19NO3S/c1-23-19-8-4-3-7-17(19)18(22(23)24)12-15-9-10-20(21(13-15)25-2)26-14-16-6-5-11-27-16/h3-13H,14H2,1-2H3/b18-12+. The van der Waals surface area contributed by atoms with E-state index >= 15 is 0 Å². The Labute approximate surface area is 162 Å². The molecule has 4 nitrogen and oxygen atoms in total. The Morgan fingerprint density at radius 2 is 1.93 bits per heavy atom. The molecule has 1 aromatic heterocycles. The third-order valence-corrected chi connectivity index (χ3v) is 5.39. The van der Waals surface area contributed by atoms with Gasteiger partial charge < -0.3 is 14.4 Å².